The highest BCUT2D eigenvalue weighted by molar-refractivity contribution is 6.40. The Balaban J connectivity index is 0.000000260. The third-order valence-corrected chi connectivity index (χ3v) is 3.67. The Morgan fingerprint density at radius 2 is 0.962 bits per heavy atom. The van der Waals surface area contributed by atoms with Gasteiger partial charge in [0.2, 0.25) is 0 Å². The van der Waals surface area contributed by atoms with Gasteiger partial charge in [0.15, 0.2) is 0 Å². The summed E-state index contributed by atoms with van der Waals surface area (Å²) < 4.78 is 0. The van der Waals surface area contributed by atoms with Crippen LogP contribution in [-0.4, -0.2) is 33.7 Å². The van der Waals surface area contributed by atoms with Crippen LogP contribution in [0, 0.1) is 0 Å². The van der Waals surface area contributed by atoms with E-state index in [1.807, 2.05) is 13.8 Å². The van der Waals surface area contributed by atoms with Crippen molar-refractivity contribution in [3.8, 4) is 0 Å². The quantitative estimate of drug-likeness (QED) is 0.608. The first-order valence-electron chi connectivity index (χ1n) is 8.04. The fourth-order valence-corrected chi connectivity index (χ4v) is 2.33. The number of aliphatic carboxylic acids is 2. The SMILES string of the molecule is CCc1ccccc1C(=O)C(=O)O.CCc1ccccc1C(=O)C(=O)O. The second-order valence-corrected chi connectivity index (χ2v) is 5.29. The van der Waals surface area contributed by atoms with E-state index in [2.05, 4.69) is 0 Å². The van der Waals surface area contributed by atoms with Gasteiger partial charge in [-0.3, -0.25) is 9.59 Å². The molecular weight excluding hydrogens is 336 g/mol. The second kappa shape index (κ2) is 9.88. The molecule has 2 aromatic rings. The van der Waals surface area contributed by atoms with Gasteiger partial charge in [-0.1, -0.05) is 62.4 Å². The van der Waals surface area contributed by atoms with Crippen molar-refractivity contribution >= 4 is 23.5 Å². The smallest absolute Gasteiger partial charge is 0.377 e. The van der Waals surface area contributed by atoms with Crippen LogP contribution in [0.1, 0.15) is 45.7 Å². The number of hydrogen-bond acceptors (Lipinski definition) is 4. The predicted octanol–water partition coefficient (Wildman–Crippen LogP) is 3.03. The molecule has 0 unspecified atom stereocenters. The molecule has 0 aliphatic rings. The minimum Gasteiger partial charge on any atom is -0.475 e. The highest BCUT2D eigenvalue weighted by Crippen LogP contribution is 2.10. The first-order chi connectivity index (χ1) is 12.3. The molecule has 0 aromatic heterocycles. The molecule has 136 valence electrons. The standard InChI is InChI=1S/2C10H10O3/c2*1-2-7-5-3-4-6-8(7)9(11)10(12)13/h2*3-6H,2H2,1H3,(H,12,13). The summed E-state index contributed by atoms with van der Waals surface area (Å²) >= 11 is 0. The lowest BCUT2D eigenvalue weighted by molar-refractivity contribution is -0.132. The maximum absolute atomic E-state index is 11.1. The van der Waals surface area contributed by atoms with Crippen LogP contribution < -0.4 is 0 Å². The summed E-state index contributed by atoms with van der Waals surface area (Å²) in [6.07, 6.45) is 1.32. The zero-order valence-electron chi connectivity index (χ0n) is 14.6. The average Bonchev–Trinajstić information content (AvgIpc) is 2.66. The molecule has 0 aliphatic carbocycles. The van der Waals surface area contributed by atoms with Crippen molar-refractivity contribution in [2.75, 3.05) is 0 Å². The van der Waals surface area contributed by atoms with Gasteiger partial charge in [0.1, 0.15) is 0 Å². The van der Waals surface area contributed by atoms with Crippen LogP contribution in [-0.2, 0) is 22.4 Å². The van der Waals surface area contributed by atoms with Crippen molar-refractivity contribution in [2.45, 2.75) is 26.7 Å². The molecule has 6 heteroatoms. The largest absolute Gasteiger partial charge is 0.475 e. The van der Waals surface area contributed by atoms with E-state index in [9.17, 15) is 19.2 Å². The molecule has 0 saturated carbocycles. The molecule has 2 N–H and O–H groups in total. The number of carbonyl (C=O) groups excluding carboxylic acids is 2. The van der Waals surface area contributed by atoms with E-state index in [0.717, 1.165) is 11.1 Å². The molecule has 0 heterocycles. The van der Waals surface area contributed by atoms with Crippen LogP contribution in [0.3, 0.4) is 0 Å². The Bertz CT molecular complexity index is 753. The Hall–Kier alpha value is -3.28. The van der Waals surface area contributed by atoms with Crippen molar-refractivity contribution in [3.63, 3.8) is 0 Å². The average molecular weight is 356 g/mol. The number of rotatable bonds is 6. The van der Waals surface area contributed by atoms with E-state index in [4.69, 9.17) is 10.2 Å². The monoisotopic (exact) mass is 356 g/mol. The lowest BCUT2D eigenvalue weighted by Crippen LogP contribution is -2.14. The molecule has 0 saturated heterocycles. The lowest BCUT2D eigenvalue weighted by Gasteiger charge is -2.02. The Morgan fingerprint density at radius 1 is 0.654 bits per heavy atom. The number of carboxylic acid groups (broad SMARTS) is 2. The number of carbonyl (C=O) groups is 4. The number of hydrogen-bond donors (Lipinski definition) is 2. The van der Waals surface area contributed by atoms with Crippen molar-refractivity contribution < 1.29 is 29.4 Å². The van der Waals surface area contributed by atoms with Crippen molar-refractivity contribution in [1.29, 1.82) is 0 Å². The van der Waals surface area contributed by atoms with E-state index in [0.29, 0.717) is 12.8 Å². The lowest BCUT2D eigenvalue weighted by atomic mass is 10.0. The molecule has 0 amide bonds. The van der Waals surface area contributed by atoms with Gasteiger partial charge in [-0.25, -0.2) is 9.59 Å². The van der Waals surface area contributed by atoms with Crippen LogP contribution in [0.4, 0.5) is 0 Å². The summed E-state index contributed by atoms with van der Waals surface area (Å²) in [5.41, 5.74) is 2.12. The highest BCUT2D eigenvalue weighted by atomic mass is 16.4. The van der Waals surface area contributed by atoms with Crippen LogP contribution in [0.5, 0.6) is 0 Å². The molecular formula is C20H20O6. The Labute approximate surface area is 151 Å². The molecule has 26 heavy (non-hydrogen) atoms. The van der Waals surface area contributed by atoms with Gasteiger partial charge in [-0.15, -0.1) is 0 Å². The Morgan fingerprint density at radius 3 is 1.23 bits per heavy atom. The summed E-state index contributed by atoms with van der Waals surface area (Å²) in [7, 11) is 0. The maximum atomic E-state index is 11.1. The predicted molar refractivity (Wildman–Crippen MR) is 95.6 cm³/mol. The van der Waals surface area contributed by atoms with E-state index in [1.54, 1.807) is 36.4 Å². The number of carboxylic acids is 2. The highest BCUT2D eigenvalue weighted by Gasteiger charge is 2.17. The zero-order valence-corrected chi connectivity index (χ0v) is 14.6. The zero-order chi connectivity index (χ0) is 19.7. The van der Waals surface area contributed by atoms with Gasteiger partial charge < -0.3 is 10.2 Å². The minimum absolute atomic E-state index is 0.289. The van der Waals surface area contributed by atoms with Gasteiger partial charge in [-0.2, -0.15) is 0 Å². The summed E-state index contributed by atoms with van der Waals surface area (Å²) in [6.45, 7) is 3.77. The van der Waals surface area contributed by atoms with Crippen LogP contribution >= 0.6 is 0 Å². The fraction of sp³-hybridized carbons (Fsp3) is 0.200. The molecule has 0 radical (unpaired) electrons. The number of ketones is 2. The summed E-state index contributed by atoms with van der Waals surface area (Å²) in [4.78, 5) is 43.1. The molecule has 0 bridgehead atoms. The van der Waals surface area contributed by atoms with Gasteiger partial charge >= 0.3 is 11.9 Å². The summed E-state index contributed by atoms with van der Waals surface area (Å²) in [5.74, 6) is -4.48. The van der Waals surface area contributed by atoms with E-state index < -0.39 is 23.5 Å². The second-order valence-electron chi connectivity index (χ2n) is 5.29. The van der Waals surface area contributed by atoms with Crippen LogP contribution in [0.2, 0.25) is 0 Å². The van der Waals surface area contributed by atoms with E-state index in [1.165, 1.54) is 12.1 Å². The van der Waals surface area contributed by atoms with Crippen LogP contribution in [0.15, 0.2) is 48.5 Å². The molecule has 0 aliphatic heterocycles. The van der Waals surface area contributed by atoms with Gasteiger partial charge in [0.25, 0.3) is 11.6 Å². The summed E-state index contributed by atoms with van der Waals surface area (Å²) in [5, 5.41) is 17.0. The third-order valence-electron chi connectivity index (χ3n) is 3.67. The fourth-order valence-electron chi connectivity index (χ4n) is 2.33. The van der Waals surface area contributed by atoms with Gasteiger partial charge in [0, 0.05) is 11.1 Å². The number of Topliss-reactive ketones (excluding diaryl/α,β-unsaturated/α-hetero) is 2. The van der Waals surface area contributed by atoms with Crippen LogP contribution in [0.25, 0.3) is 0 Å². The topological polar surface area (TPSA) is 109 Å². The molecule has 2 rings (SSSR count). The number of benzene rings is 2. The minimum atomic E-state index is -1.40. The van der Waals surface area contributed by atoms with Crippen molar-refractivity contribution in [1.82, 2.24) is 0 Å². The maximum Gasteiger partial charge on any atom is 0.377 e. The van der Waals surface area contributed by atoms with Gasteiger partial charge in [-0.05, 0) is 24.0 Å². The summed E-state index contributed by atoms with van der Waals surface area (Å²) in [6, 6.07) is 13.5. The number of aryl methyl sites for hydroxylation is 2. The third kappa shape index (κ3) is 5.37. The molecule has 0 fully saturated rings. The first-order valence-corrected chi connectivity index (χ1v) is 8.04. The molecule has 0 spiro atoms. The first kappa shape index (κ1) is 20.8. The molecule has 6 nitrogen and oxygen atoms in total. The van der Waals surface area contributed by atoms with E-state index in [-0.39, 0.29) is 11.1 Å². The van der Waals surface area contributed by atoms with Gasteiger partial charge in [0.05, 0.1) is 0 Å². The normalized spacial score (nSPS) is 9.62. The van der Waals surface area contributed by atoms with Crippen molar-refractivity contribution in [3.05, 3.63) is 70.8 Å². The Kier molecular flexibility index (Phi) is 7.89. The van der Waals surface area contributed by atoms with Crippen molar-refractivity contribution in [2.24, 2.45) is 0 Å². The molecule has 0 atom stereocenters. The van der Waals surface area contributed by atoms with E-state index >= 15 is 0 Å². The molecule has 2 aromatic carbocycles.